The fourth-order valence-electron chi connectivity index (χ4n) is 7.52. The lowest BCUT2D eigenvalue weighted by molar-refractivity contribution is -0.0321. The Morgan fingerprint density at radius 3 is 2.54 bits per heavy atom. The van der Waals surface area contributed by atoms with Crippen molar-refractivity contribution in [3.8, 4) is 17.1 Å². The first-order valence-corrected chi connectivity index (χ1v) is 15.9. The van der Waals surface area contributed by atoms with E-state index in [1.54, 1.807) is 0 Å². The van der Waals surface area contributed by atoms with E-state index < -0.39 is 0 Å². The maximum Gasteiger partial charge on any atom is 0.254 e. The van der Waals surface area contributed by atoms with Crippen LogP contribution in [0.3, 0.4) is 0 Å². The van der Waals surface area contributed by atoms with Crippen LogP contribution in [0.5, 0.6) is 5.88 Å². The van der Waals surface area contributed by atoms with E-state index >= 15 is 0 Å². The molecule has 0 radical (unpaired) electrons. The van der Waals surface area contributed by atoms with E-state index in [0.717, 1.165) is 40.4 Å². The van der Waals surface area contributed by atoms with Gasteiger partial charge in [0.2, 0.25) is 11.8 Å². The molecule has 1 aromatic heterocycles. The van der Waals surface area contributed by atoms with Gasteiger partial charge < -0.3 is 9.64 Å². The van der Waals surface area contributed by atoms with Crippen LogP contribution in [0.4, 0.5) is 5.95 Å². The Labute approximate surface area is 247 Å². The minimum absolute atomic E-state index is 0.0634. The number of fused-ring (bicyclic) bond motifs is 6. The summed E-state index contributed by atoms with van der Waals surface area (Å²) in [6.07, 6.45) is 9.30. The predicted molar refractivity (Wildman–Crippen MR) is 163 cm³/mol. The molecule has 3 heterocycles. The van der Waals surface area contributed by atoms with Gasteiger partial charge >= 0.3 is 0 Å². The van der Waals surface area contributed by atoms with Crippen LogP contribution >= 0.6 is 11.9 Å². The molecular weight excluding hydrogens is 530 g/mol. The molecule has 2 saturated carbocycles. The monoisotopic (exact) mass is 569 g/mol. The zero-order valence-electron chi connectivity index (χ0n) is 24.1. The van der Waals surface area contributed by atoms with Gasteiger partial charge in [-0.2, -0.15) is 4.98 Å². The smallest absolute Gasteiger partial charge is 0.254 e. The van der Waals surface area contributed by atoms with Gasteiger partial charge in [-0.15, -0.1) is 0 Å². The number of anilines is 1. The Morgan fingerprint density at radius 2 is 1.73 bits per heavy atom. The summed E-state index contributed by atoms with van der Waals surface area (Å²) in [5.74, 6) is 1.11. The molecule has 7 rings (SSSR count). The number of benzene rings is 2. The molecule has 8 heteroatoms. The molecule has 1 atom stereocenters. The number of hydrogen-bond donors (Lipinski definition) is 1. The third-order valence-electron chi connectivity index (χ3n) is 9.64. The van der Waals surface area contributed by atoms with E-state index in [9.17, 15) is 4.79 Å². The first-order valence-electron chi connectivity index (χ1n) is 15.1. The highest BCUT2D eigenvalue weighted by Crippen LogP contribution is 2.53. The van der Waals surface area contributed by atoms with Crippen molar-refractivity contribution in [1.29, 1.82) is 0 Å². The van der Waals surface area contributed by atoms with Crippen LogP contribution in [0.2, 0.25) is 0 Å². The highest BCUT2D eigenvalue weighted by molar-refractivity contribution is 8.00. The topological polar surface area (TPSA) is 70.6 Å². The number of ether oxygens (including phenoxy) is 1. The maximum atomic E-state index is 13.8. The molecule has 7 nitrogen and oxygen atoms in total. The molecule has 2 aromatic carbocycles. The molecule has 4 aliphatic rings. The molecule has 1 spiro atoms. The average Bonchev–Trinajstić information content (AvgIpc) is 3.17. The fourth-order valence-corrected chi connectivity index (χ4v) is 8.16. The lowest BCUT2D eigenvalue weighted by atomic mass is 9.58. The molecule has 41 heavy (non-hydrogen) atoms. The fraction of sp³-hybridized carbons (Fsp3) is 0.485. The normalized spacial score (nSPS) is 22.8. The largest absolute Gasteiger partial charge is 0.471 e. The van der Waals surface area contributed by atoms with E-state index in [-0.39, 0.29) is 12.0 Å². The quantitative estimate of drug-likeness (QED) is 0.353. The van der Waals surface area contributed by atoms with Gasteiger partial charge in [0.05, 0.1) is 12.2 Å². The highest BCUT2D eigenvalue weighted by Gasteiger charge is 2.47. The summed E-state index contributed by atoms with van der Waals surface area (Å²) in [6, 6.07) is 16.7. The van der Waals surface area contributed by atoms with Crippen molar-refractivity contribution < 1.29 is 9.53 Å². The van der Waals surface area contributed by atoms with Crippen molar-refractivity contribution in [2.75, 3.05) is 30.9 Å². The first kappa shape index (κ1) is 26.8. The minimum atomic E-state index is -0.186. The van der Waals surface area contributed by atoms with Crippen LogP contribution in [0.15, 0.2) is 53.4 Å². The zero-order valence-corrected chi connectivity index (χ0v) is 24.9. The molecule has 214 valence electrons. The number of carbonyl (C=O) groups is 1. The minimum Gasteiger partial charge on any atom is -0.471 e. The van der Waals surface area contributed by atoms with Gasteiger partial charge in [0.1, 0.15) is 6.10 Å². The summed E-state index contributed by atoms with van der Waals surface area (Å²) in [5.41, 5.74) is 5.54. The van der Waals surface area contributed by atoms with Gasteiger partial charge in [0, 0.05) is 47.8 Å². The lowest BCUT2D eigenvalue weighted by Gasteiger charge is -2.54. The number of amides is 1. The zero-order chi connectivity index (χ0) is 28.0. The van der Waals surface area contributed by atoms with Crippen LogP contribution in [0.25, 0.3) is 11.3 Å². The second-order valence-corrected chi connectivity index (χ2v) is 13.4. The summed E-state index contributed by atoms with van der Waals surface area (Å²) >= 11 is 1.41. The number of nitrogens with one attached hydrogen (secondary N) is 1. The Hall–Kier alpha value is -3.10. The van der Waals surface area contributed by atoms with Crippen LogP contribution in [0.1, 0.15) is 66.4 Å². The third-order valence-corrected chi connectivity index (χ3v) is 10.4. The predicted octanol–water partition coefficient (Wildman–Crippen LogP) is 6.51. The Morgan fingerprint density at radius 1 is 0.951 bits per heavy atom. The van der Waals surface area contributed by atoms with E-state index in [4.69, 9.17) is 14.7 Å². The molecule has 2 aliphatic heterocycles. The van der Waals surface area contributed by atoms with Crippen molar-refractivity contribution in [3.05, 3.63) is 65.2 Å². The maximum absolute atomic E-state index is 13.8. The van der Waals surface area contributed by atoms with Gasteiger partial charge in [-0.3, -0.25) is 14.4 Å². The molecule has 1 amide bonds. The molecular formula is C33H39N5O2S. The van der Waals surface area contributed by atoms with Crippen LogP contribution in [-0.4, -0.2) is 64.0 Å². The van der Waals surface area contributed by atoms with Gasteiger partial charge in [-0.25, -0.2) is 4.98 Å². The number of aryl methyl sites for hydroxylation is 2. The number of hydrogen-bond acceptors (Lipinski definition) is 7. The van der Waals surface area contributed by atoms with Gasteiger partial charge in [-0.1, -0.05) is 43.5 Å². The summed E-state index contributed by atoms with van der Waals surface area (Å²) in [6.45, 7) is 7.16. The number of rotatable bonds is 2. The van der Waals surface area contributed by atoms with Gasteiger partial charge in [0.25, 0.3) is 5.91 Å². The van der Waals surface area contributed by atoms with Crippen molar-refractivity contribution in [2.24, 2.45) is 5.41 Å². The first-order chi connectivity index (χ1) is 19.9. The average molecular weight is 570 g/mol. The molecule has 2 aliphatic carbocycles. The third kappa shape index (κ3) is 5.44. The molecule has 3 fully saturated rings. The van der Waals surface area contributed by atoms with Crippen LogP contribution in [0, 0.1) is 19.3 Å². The van der Waals surface area contributed by atoms with Crippen LogP contribution in [-0.2, 0) is 0 Å². The van der Waals surface area contributed by atoms with E-state index in [2.05, 4.69) is 41.7 Å². The second-order valence-electron chi connectivity index (χ2n) is 12.5. The number of nitrogens with zero attached hydrogens (tertiary/aromatic N) is 4. The SMILES string of the molecule is Cc1cccc(C)c1-c1cc2nc(n1)NSc1cccc(c1)C(=O)N1CCN(C3CC4(CCCCC4)C3)C[C@H](C1)O2. The van der Waals surface area contributed by atoms with Gasteiger partial charge in [0.15, 0.2) is 0 Å². The standard InChI is InChI=1S/C33H39N5O2S/c1-22-8-6-9-23(2)30(22)28-17-29-35-32(34-28)36-41-27-11-7-10-24(16-27)31(39)38-15-14-37(20-26(21-38)40-29)25-18-33(19-25)12-4-3-5-13-33/h6-11,16-17,25-26H,3-5,12-15,18-21H2,1-2H3,(H,34,35,36)/t26-/m1/s1. The summed E-state index contributed by atoms with van der Waals surface area (Å²) in [4.78, 5) is 29.0. The summed E-state index contributed by atoms with van der Waals surface area (Å²) in [7, 11) is 0. The Bertz CT molecular complexity index is 1430. The Balaban J connectivity index is 1.24. The summed E-state index contributed by atoms with van der Waals surface area (Å²) in [5, 5.41) is 0. The summed E-state index contributed by atoms with van der Waals surface area (Å²) < 4.78 is 10.0. The molecule has 3 aromatic rings. The number of carbonyl (C=O) groups excluding carboxylic acids is 1. The Kier molecular flexibility index (Phi) is 7.15. The van der Waals surface area contributed by atoms with Crippen molar-refractivity contribution in [1.82, 2.24) is 19.8 Å². The van der Waals surface area contributed by atoms with E-state index in [0.29, 0.717) is 41.9 Å². The molecule has 6 bridgehead atoms. The molecule has 0 unspecified atom stereocenters. The molecule has 1 saturated heterocycles. The second kappa shape index (κ2) is 11.0. The van der Waals surface area contributed by atoms with Crippen molar-refractivity contribution in [2.45, 2.75) is 75.8 Å². The lowest BCUT2D eigenvalue weighted by Crippen LogP contribution is -2.54. The highest BCUT2D eigenvalue weighted by atomic mass is 32.2. The van der Waals surface area contributed by atoms with Crippen LogP contribution < -0.4 is 9.46 Å². The number of aromatic nitrogens is 2. The molecule has 1 N–H and O–H groups in total. The van der Waals surface area contributed by atoms with E-state index in [1.165, 1.54) is 56.9 Å². The van der Waals surface area contributed by atoms with Crippen molar-refractivity contribution in [3.63, 3.8) is 0 Å². The van der Waals surface area contributed by atoms with Gasteiger partial charge in [-0.05, 0) is 86.2 Å². The van der Waals surface area contributed by atoms with E-state index in [1.807, 2.05) is 35.2 Å². The van der Waals surface area contributed by atoms with Crippen molar-refractivity contribution >= 4 is 23.8 Å².